The summed E-state index contributed by atoms with van der Waals surface area (Å²) in [4.78, 5) is 11.3. The normalized spacial score (nSPS) is 11.4. The van der Waals surface area contributed by atoms with Crippen LogP contribution in [-0.4, -0.2) is 36.4 Å². The number of pyridine rings is 1. The van der Waals surface area contributed by atoms with Gasteiger partial charge >= 0.3 is 0 Å². The van der Waals surface area contributed by atoms with E-state index in [0.29, 0.717) is 18.7 Å². The summed E-state index contributed by atoms with van der Waals surface area (Å²) in [5.74, 6) is 2.37. The molecule has 0 radical (unpaired) electrons. The van der Waals surface area contributed by atoms with Gasteiger partial charge in [0.05, 0.1) is 31.1 Å². The van der Waals surface area contributed by atoms with Crippen LogP contribution in [0.15, 0.2) is 60.8 Å². The van der Waals surface area contributed by atoms with E-state index in [1.165, 1.54) is 10.4 Å². The van der Waals surface area contributed by atoms with Crippen LogP contribution in [-0.2, 0) is 13.6 Å². The summed E-state index contributed by atoms with van der Waals surface area (Å²) in [7, 11) is 3.45. The first-order chi connectivity index (χ1) is 17.1. The summed E-state index contributed by atoms with van der Waals surface area (Å²) in [5, 5.41) is 15.7. The Hall–Kier alpha value is -3.24. The van der Waals surface area contributed by atoms with Crippen molar-refractivity contribution in [2.24, 2.45) is 7.05 Å². The zero-order chi connectivity index (χ0) is 24.4. The van der Waals surface area contributed by atoms with Crippen molar-refractivity contribution in [3.8, 4) is 17.0 Å². The highest BCUT2D eigenvalue weighted by Crippen LogP contribution is 2.40. The lowest BCUT2D eigenvalue weighted by Gasteiger charge is -2.15. The quantitative estimate of drug-likeness (QED) is 0.175. The van der Waals surface area contributed by atoms with Gasteiger partial charge in [-0.15, -0.1) is 0 Å². The third-order valence-electron chi connectivity index (χ3n) is 5.55. The second kappa shape index (κ2) is 10.2. The number of aromatic nitrogens is 6. The number of nitrogens with one attached hydrogen (secondary N) is 2. The molecule has 2 N–H and O–H groups in total. The van der Waals surface area contributed by atoms with Gasteiger partial charge in [0.15, 0.2) is 11.4 Å². The maximum atomic E-state index is 5.81. The number of nitrogens with zero attached hydrogens (tertiary/aromatic N) is 6. The highest BCUT2D eigenvalue weighted by Gasteiger charge is 2.18. The number of hydrogen-bond donors (Lipinski definition) is 2. The molecule has 5 rings (SSSR count). The molecule has 0 amide bonds. The molecule has 0 aliphatic heterocycles. The number of aryl methyl sites for hydroxylation is 2. The van der Waals surface area contributed by atoms with Crippen LogP contribution in [0.25, 0.3) is 22.4 Å². The summed E-state index contributed by atoms with van der Waals surface area (Å²) in [6.45, 7) is 2.67. The second-order valence-corrected chi connectivity index (χ2v) is 9.94. The van der Waals surface area contributed by atoms with Gasteiger partial charge in [-0.2, -0.15) is 15.0 Å². The van der Waals surface area contributed by atoms with E-state index in [1.54, 1.807) is 20.4 Å². The third-order valence-corrected chi connectivity index (χ3v) is 7.70. The van der Waals surface area contributed by atoms with E-state index >= 15 is 0 Å². The molecule has 35 heavy (non-hydrogen) atoms. The lowest BCUT2D eigenvalue weighted by atomic mass is 10.1. The van der Waals surface area contributed by atoms with Gasteiger partial charge in [0.1, 0.15) is 22.9 Å². The molecule has 0 saturated heterocycles. The van der Waals surface area contributed by atoms with Crippen LogP contribution in [0.5, 0.6) is 5.75 Å². The number of halogens is 1. The minimum Gasteiger partial charge on any atom is -0.494 e. The molecule has 5 aromatic rings. The first-order valence-electron chi connectivity index (χ1n) is 10.9. The molecule has 0 bridgehead atoms. The summed E-state index contributed by atoms with van der Waals surface area (Å²) in [6.07, 6.45) is 2.21. The van der Waals surface area contributed by atoms with E-state index in [1.807, 2.05) is 49.4 Å². The van der Waals surface area contributed by atoms with Crippen LogP contribution in [0.2, 0.25) is 0 Å². The Kier molecular flexibility index (Phi) is 6.83. The Morgan fingerprint density at radius 1 is 1.06 bits per heavy atom. The Balaban J connectivity index is 1.57. The van der Waals surface area contributed by atoms with Crippen molar-refractivity contribution in [3.05, 3.63) is 72.2 Å². The molecular formula is C24H24IN8OP. The summed E-state index contributed by atoms with van der Waals surface area (Å²) < 4.78 is 7.94. The Labute approximate surface area is 217 Å². The molecule has 0 aliphatic rings. The van der Waals surface area contributed by atoms with Crippen LogP contribution < -0.4 is 15.4 Å². The SMILES string of the molecule is COc1c(Nc2cc(NCc3ccccc3)nc3c2nc(C)n3PI)cccc1-c1cnn(C)n1. The van der Waals surface area contributed by atoms with E-state index in [0.717, 1.165) is 45.4 Å². The van der Waals surface area contributed by atoms with Crippen molar-refractivity contribution in [2.75, 3.05) is 17.7 Å². The molecule has 2 aromatic carbocycles. The Morgan fingerprint density at radius 3 is 2.60 bits per heavy atom. The molecule has 1 unspecified atom stereocenters. The topological polar surface area (TPSA) is 94.7 Å². The molecule has 3 heterocycles. The van der Waals surface area contributed by atoms with Gasteiger partial charge in [-0.3, -0.25) is 4.34 Å². The number of anilines is 3. The average molecular weight is 598 g/mol. The van der Waals surface area contributed by atoms with Gasteiger partial charge in [-0.1, -0.05) is 36.4 Å². The standard InChI is InChI=1S/C24H24IN8OP/c1-15-28-22-19(29-18-11-7-10-17(23(18)34-3)20-14-27-32(2)31-20)12-21(30-24(22)33(15)35-25)26-13-16-8-5-4-6-9-16/h4-12,14,35H,13H2,1-3H3,(H2,26,29,30). The lowest BCUT2D eigenvalue weighted by Crippen LogP contribution is -2.04. The van der Waals surface area contributed by atoms with Gasteiger partial charge in [-0.05, 0) is 46.7 Å². The van der Waals surface area contributed by atoms with Gasteiger partial charge in [0.25, 0.3) is 0 Å². The van der Waals surface area contributed by atoms with E-state index < -0.39 is 0 Å². The molecule has 1 atom stereocenters. The van der Waals surface area contributed by atoms with E-state index in [2.05, 4.69) is 59.3 Å². The molecule has 178 valence electrons. The molecule has 0 spiro atoms. The van der Waals surface area contributed by atoms with Crippen molar-refractivity contribution in [3.63, 3.8) is 0 Å². The van der Waals surface area contributed by atoms with Crippen LogP contribution in [0, 0.1) is 6.92 Å². The van der Waals surface area contributed by atoms with Crippen LogP contribution in [0.1, 0.15) is 11.4 Å². The number of ether oxygens (including phenoxy) is 1. The molecule has 9 nitrogen and oxygen atoms in total. The number of hydrogen-bond acceptors (Lipinski definition) is 7. The van der Waals surface area contributed by atoms with Gasteiger partial charge < -0.3 is 15.4 Å². The molecular weight excluding hydrogens is 574 g/mol. The zero-order valence-electron chi connectivity index (χ0n) is 19.5. The Morgan fingerprint density at radius 2 is 1.89 bits per heavy atom. The number of fused-ring (bicyclic) bond motifs is 1. The van der Waals surface area contributed by atoms with Crippen molar-refractivity contribution in [1.29, 1.82) is 0 Å². The van der Waals surface area contributed by atoms with Gasteiger partial charge in [0.2, 0.25) is 0 Å². The lowest BCUT2D eigenvalue weighted by molar-refractivity contribution is 0.418. The highest BCUT2D eigenvalue weighted by atomic mass is 127. The predicted molar refractivity (Wildman–Crippen MR) is 150 cm³/mol. The number of methoxy groups -OCH3 is 1. The van der Waals surface area contributed by atoms with Crippen molar-refractivity contribution < 1.29 is 4.74 Å². The number of rotatable bonds is 8. The maximum absolute atomic E-state index is 5.81. The van der Waals surface area contributed by atoms with Crippen molar-refractivity contribution in [2.45, 2.75) is 13.5 Å². The molecule has 3 aromatic heterocycles. The molecule has 0 fully saturated rings. The molecule has 0 saturated carbocycles. The third kappa shape index (κ3) is 4.81. The summed E-state index contributed by atoms with van der Waals surface area (Å²) >= 11 is 2.36. The monoisotopic (exact) mass is 598 g/mol. The van der Waals surface area contributed by atoms with E-state index in [9.17, 15) is 0 Å². The van der Waals surface area contributed by atoms with Crippen LogP contribution >= 0.6 is 28.4 Å². The predicted octanol–water partition coefficient (Wildman–Crippen LogP) is 5.69. The minimum atomic E-state index is 0.486. The fourth-order valence-electron chi connectivity index (χ4n) is 3.90. The number of para-hydroxylation sites is 1. The fraction of sp³-hybridized carbons (Fsp3) is 0.167. The first kappa shape index (κ1) is 23.5. The minimum absolute atomic E-state index is 0.486. The first-order valence-corrected chi connectivity index (χ1v) is 15.0. The average Bonchev–Trinajstić information content (AvgIpc) is 3.45. The van der Waals surface area contributed by atoms with Crippen LogP contribution in [0.3, 0.4) is 0 Å². The van der Waals surface area contributed by atoms with E-state index in [-0.39, 0.29) is 0 Å². The second-order valence-electron chi connectivity index (χ2n) is 7.88. The molecule has 11 heteroatoms. The van der Waals surface area contributed by atoms with Gasteiger partial charge in [0, 0.05) is 25.2 Å². The summed E-state index contributed by atoms with van der Waals surface area (Å²) in [5.41, 5.74) is 6.07. The Bertz CT molecular complexity index is 1480. The van der Waals surface area contributed by atoms with Crippen LogP contribution in [0.4, 0.5) is 17.2 Å². The highest BCUT2D eigenvalue weighted by molar-refractivity contribution is 14.2. The number of imidazole rings is 1. The summed E-state index contributed by atoms with van der Waals surface area (Å²) in [6, 6.07) is 18.2. The van der Waals surface area contributed by atoms with Crippen molar-refractivity contribution >= 4 is 56.8 Å². The fourth-order valence-corrected chi connectivity index (χ4v) is 6.04. The maximum Gasteiger partial charge on any atom is 0.168 e. The largest absolute Gasteiger partial charge is 0.494 e. The van der Waals surface area contributed by atoms with Crippen molar-refractivity contribution in [1.82, 2.24) is 29.3 Å². The number of benzene rings is 2. The zero-order valence-corrected chi connectivity index (χ0v) is 22.6. The smallest absolute Gasteiger partial charge is 0.168 e. The molecule has 0 aliphatic carbocycles. The van der Waals surface area contributed by atoms with Gasteiger partial charge in [-0.25, -0.2) is 9.97 Å². The van der Waals surface area contributed by atoms with E-state index in [4.69, 9.17) is 14.7 Å².